The number of carboxylic acid groups (broad SMARTS) is 1. The number of halogens is 1. The van der Waals surface area contributed by atoms with Crippen molar-refractivity contribution in [2.24, 2.45) is 4.99 Å². The number of carbonyl (C=O) groups is 1. The van der Waals surface area contributed by atoms with Crippen LogP contribution in [0.25, 0.3) is 5.69 Å². The van der Waals surface area contributed by atoms with Crippen LogP contribution < -0.4 is 0 Å². The van der Waals surface area contributed by atoms with E-state index in [0.29, 0.717) is 28.4 Å². The Morgan fingerprint density at radius 2 is 1.87 bits per heavy atom. The Labute approximate surface area is 172 Å². The minimum atomic E-state index is -1.24. The number of aromatic nitrogens is 2. The van der Waals surface area contributed by atoms with Gasteiger partial charge in [0.15, 0.2) is 5.82 Å². The third-order valence-corrected chi connectivity index (χ3v) is 4.60. The second kappa shape index (κ2) is 8.27. The topological polar surface area (TPSA) is 112 Å². The maximum absolute atomic E-state index is 14.5. The molecule has 2 N–H and O–H groups in total. The van der Waals surface area contributed by atoms with Gasteiger partial charge >= 0.3 is 0 Å². The van der Waals surface area contributed by atoms with Crippen LogP contribution in [0.1, 0.15) is 47.1 Å². The lowest BCUT2D eigenvalue weighted by Gasteiger charge is -2.14. The van der Waals surface area contributed by atoms with Gasteiger partial charge < -0.3 is 10.2 Å². The van der Waals surface area contributed by atoms with Crippen molar-refractivity contribution in [1.29, 1.82) is 5.26 Å². The zero-order valence-corrected chi connectivity index (χ0v) is 16.6. The van der Waals surface area contributed by atoms with Crippen molar-refractivity contribution >= 4 is 11.7 Å². The van der Waals surface area contributed by atoms with Crippen molar-refractivity contribution in [3.05, 3.63) is 82.2 Å². The number of imidazole rings is 1. The van der Waals surface area contributed by atoms with Gasteiger partial charge in [0.05, 0.1) is 28.7 Å². The van der Waals surface area contributed by atoms with Crippen molar-refractivity contribution < 1.29 is 19.4 Å². The van der Waals surface area contributed by atoms with Crippen LogP contribution in [0.5, 0.6) is 0 Å². The van der Waals surface area contributed by atoms with Crippen LogP contribution in [0.4, 0.5) is 4.39 Å². The third kappa shape index (κ3) is 3.83. The van der Waals surface area contributed by atoms with Crippen molar-refractivity contribution in [3.63, 3.8) is 0 Å². The fraction of sp³-hybridized carbons (Fsp3) is 0.182. The van der Waals surface area contributed by atoms with Gasteiger partial charge in [-0.25, -0.2) is 14.4 Å². The molecule has 7 nitrogen and oxygen atoms in total. The molecule has 3 aromatic rings. The number of aliphatic hydroxyl groups excluding tert-OH is 1. The third-order valence-electron chi connectivity index (χ3n) is 4.60. The Balaban J connectivity index is 0.000000589. The molecule has 0 saturated carbocycles. The average Bonchev–Trinajstić information content (AvgIpc) is 2.94. The highest BCUT2D eigenvalue weighted by molar-refractivity contribution is 6.15. The number of carboxylic acids is 1. The average molecular weight is 406 g/mol. The van der Waals surface area contributed by atoms with Crippen molar-refractivity contribution in [2.45, 2.75) is 27.0 Å². The first kappa shape index (κ1) is 20.9. The molecule has 152 valence electrons. The molecule has 1 unspecified atom stereocenters. The first-order valence-electron chi connectivity index (χ1n) is 9.05. The van der Waals surface area contributed by atoms with Gasteiger partial charge in [0, 0.05) is 23.7 Å². The van der Waals surface area contributed by atoms with E-state index in [4.69, 9.17) is 9.90 Å². The summed E-state index contributed by atoms with van der Waals surface area (Å²) in [5, 5.41) is 27.4. The van der Waals surface area contributed by atoms with E-state index in [1.165, 1.54) is 6.07 Å². The summed E-state index contributed by atoms with van der Waals surface area (Å²) in [6.45, 7) is 4.84. The molecule has 1 aliphatic rings. The van der Waals surface area contributed by atoms with Gasteiger partial charge in [0.25, 0.3) is 5.97 Å². The minimum absolute atomic E-state index is 0.267. The molecule has 2 heterocycles. The zero-order valence-electron chi connectivity index (χ0n) is 16.6. The first-order chi connectivity index (χ1) is 14.2. The standard InChI is InChI=1S/C20H15FN4O.C2H4O2/c1-11-12(2)25-17-8-7-13(10-22)9-15(17)18(24-20(26)19(25)23-11)14-5-3-4-6-16(14)21;1-2(3)4/h3-9,20,26H,1-2H3;1H3,(H,3,4). The number of hydrogen-bond acceptors (Lipinski definition) is 5. The molecule has 1 atom stereocenters. The molecule has 2 aromatic carbocycles. The van der Waals surface area contributed by atoms with Crippen LogP contribution in [-0.4, -0.2) is 31.4 Å². The molecule has 0 saturated heterocycles. The minimum Gasteiger partial charge on any atom is -0.481 e. The lowest BCUT2D eigenvalue weighted by molar-refractivity contribution is -0.134. The first-order valence-corrected chi connectivity index (χ1v) is 9.05. The Morgan fingerprint density at radius 3 is 2.50 bits per heavy atom. The summed E-state index contributed by atoms with van der Waals surface area (Å²) in [7, 11) is 0. The van der Waals surface area contributed by atoms with E-state index < -0.39 is 18.0 Å². The van der Waals surface area contributed by atoms with Crippen molar-refractivity contribution in [2.75, 3.05) is 0 Å². The number of hydrogen-bond donors (Lipinski definition) is 2. The lowest BCUT2D eigenvalue weighted by atomic mass is 9.98. The lowest BCUT2D eigenvalue weighted by Crippen LogP contribution is -2.10. The van der Waals surface area contributed by atoms with E-state index in [-0.39, 0.29) is 5.56 Å². The summed E-state index contributed by atoms with van der Waals surface area (Å²) in [6, 6.07) is 13.5. The van der Waals surface area contributed by atoms with E-state index in [1.807, 2.05) is 18.4 Å². The van der Waals surface area contributed by atoms with Gasteiger partial charge in [0.2, 0.25) is 6.23 Å². The van der Waals surface area contributed by atoms with Crippen LogP contribution in [0, 0.1) is 31.0 Å². The van der Waals surface area contributed by atoms with E-state index in [0.717, 1.165) is 18.3 Å². The monoisotopic (exact) mass is 406 g/mol. The van der Waals surface area contributed by atoms with E-state index in [9.17, 15) is 14.8 Å². The van der Waals surface area contributed by atoms with Crippen LogP contribution >= 0.6 is 0 Å². The fourth-order valence-corrected chi connectivity index (χ4v) is 3.22. The summed E-state index contributed by atoms with van der Waals surface area (Å²) in [6.07, 6.45) is -1.24. The Bertz CT molecular complexity index is 1200. The highest BCUT2D eigenvalue weighted by Gasteiger charge is 2.28. The summed E-state index contributed by atoms with van der Waals surface area (Å²) >= 11 is 0. The van der Waals surface area contributed by atoms with Crippen LogP contribution in [-0.2, 0) is 4.79 Å². The number of aliphatic hydroxyl groups is 1. The van der Waals surface area contributed by atoms with Gasteiger partial charge in [0.1, 0.15) is 5.82 Å². The predicted molar refractivity (Wildman–Crippen MR) is 108 cm³/mol. The summed E-state index contributed by atoms with van der Waals surface area (Å²) < 4.78 is 16.3. The van der Waals surface area contributed by atoms with E-state index >= 15 is 0 Å². The molecule has 0 radical (unpaired) electrons. The van der Waals surface area contributed by atoms with Gasteiger partial charge in [-0.1, -0.05) is 12.1 Å². The molecule has 0 aliphatic carbocycles. The quantitative estimate of drug-likeness (QED) is 0.643. The molecule has 0 spiro atoms. The van der Waals surface area contributed by atoms with E-state index in [1.54, 1.807) is 36.4 Å². The molecule has 1 aliphatic heterocycles. The molecular weight excluding hydrogens is 387 g/mol. The maximum Gasteiger partial charge on any atom is 0.300 e. The van der Waals surface area contributed by atoms with Gasteiger partial charge in [-0.05, 0) is 44.2 Å². The maximum atomic E-state index is 14.5. The SMILES string of the molecule is CC(=O)O.Cc1nc2n(c1C)-c1ccc(C#N)cc1C(c1ccccc1F)=NC2O. The normalized spacial score (nSPS) is 14.3. The van der Waals surface area contributed by atoms with Crippen LogP contribution in [0.2, 0.25) is 0 Å². The number of aliphatic imine (C=N–C) groups is 1. The van der Waals surface area contributed by atoms with Crippen LogP contribution in [0.15, 0.2) is 47.5 Å². The molecule has 4 rings (SSSR count). The number of rotatable bonds is 1. The number of aliphatic carboxylic acids is 1. The highest BCUT2D eigenvalue weighted by Crippen LogP contribution is 2.32. The Morgan fingerprint density at radius 1 is 1.20 bits per heavy atom. The number of benzene rings is 2. The largest absolute Gasteiger partial charge is 0.481 e. The molecule has 30 heavy (non-hydrogen) atoms. The smallest absolute Gasteiger partial charge is 0.300 e. The number of aryl methyl sites for hydroxylation is 1. The summed E-state index contributed by atoms with van der Waals surface area (Å²) in [5.74, 6) is -0.906. The highest BCUT2D eigenvalue weighted by atomic mass is 19.1. The molecule has 0 amide bonds. The van der Waals surface area contributed by atoms with Gasteiger partial charge in [-0.15, -0.1) is 0 Å². The van der Waals surface area contributed by atoms with Gasteiger partial charge in [-0.2, -0.15) is 5.26 Å². The zero-order chi connectivity index (χ0) is 22.0. The predicted octanol–water partition coefficient (Wildman–Crippen LogP) is 3.43. The Kier molecular flexibility index (Phi) is 5.76. The van der Waals surface area contributed by atoms with Crippen molar-refractivity contribution in [1.82, 2.24) is 9.55 Å². The van der Waals surface area contributed by atoms with E-state index in [2.05, 4.69) is 16.0 Å². The van der Waals surface area contributed by atoms with Gasteiger partial charge in [-0.3, -0.25) is 9.36 Å². The molecule has 1 aromatic heterocycles. The molecule has 0 fully saturated rings. The Hall–Kier alpha value is -3.83. The molecule has 8 heteroatoms. The molecule has 0 bridgehead atoms. The molecular formula is C22H19FN4O3. The second-order valence-corrected chi connectivity index (χ2v) is 6.67. The second-order valence-electron chi connectivity index (χ2n) is 6.67. The van der Waals surface area contributed by atoms with Crippen molar-refractivity contribution in [3.8, 4) is 11.8 Å². The summed E-state index contributed by atoms with van der Waals surface area (Å²) in [4.78, 5) is 17.8. The number of nitriles is 1. The number of nitrogens with zero attached hydrogens (tertiary/aromatic N) is 4. The summed E-state index contributed by atoms with van der Waals surface area (Å²) in [5.41, 5.74) is 3.91. The fourth-order valence-electron chi connectivity index (χ4n) is 3.22. The van der Waals surface area contributed by atoms with Crippen LogP contribution in [0.3, 0.4) is 0 Å². The number of fused-ring (bicyclic) bond motifs is 3.